The van der Waals surface area contributed by atoms with E-state index in [4.69, 9.17) is 28.9 Å². The summed E-state index contributed by atoms with van der Waals surface area (Å²) in [4.78, 5) is 37.6. The molecule has 9 heteroatoms. The fourth-order valence-corrected chi connectivity index (χ4v) is 5.51. The number of nitrogens with zero attached hydrogens (tertiary/aromatic N) is 3. The number of aromatic amines is 1. The quantitative estimate of drug-likeness (QED) is 0.287. The fraction of sp³-hybridized carbons (Fsp3) is 0.167. The number of nitrogens with two attached hydrogens (primary N) is 1. The third-order valence-corrected chi connectivity index (χ3v) is 8.00. The van der Waals surface area contributed by atoms with Gasteiger partial charge in [-0.15, -0.1) is 0 Å². The molecule has 0 radical (unpaired) electrons. The second-order valence-corrected chi connectivity index (χ2v) is 10.6. The average Bonchev–Trinajstić information content (AvgIpc) is 3.32. The van der Waals surface area contributed by atoms with Crippen LogP contribution in [0.15, 0.2) is 73.1 Å². The molecule has 3 aromatic carbocycles. The van der Waals surface area contributed by atoms with E-state index in [1.54, 1.807) is 24.4 Å². The van der Waals surface area contributed by atoms with Crippen molar-refractivity contribution in [3.05, 3.63) is 99.8 Å². The van der Waals surface area contributed by atoms with Crippen LogP contribution < -0.4 is 5.73 Å². The number of aromatic nitrogens is 2. The molecule has 1 aliphatic heterocycles. The van der Waals surface area contributed by atoms with Gasteiger partial charge in [0.05, 0.1) is 21.1 Å². The molecule has 5 aromatic rings. The molecule has 6 rings (SSSR count). The van der Waals surface area contributed by atoms with Crippen LogP contribution in [-0.2, 0) is 6.54 Å². The van der Waals surface area contributed by atoms with Gasteiger partial charge < -0.3 is 15.6 Å². The number of piperazine rings is 1. The standard InChI is InChI=1S/C30H25Cl2N5O2/c31-25-5-3-19(15-26(25)32)21-13-23-22-12-20(4-6-27(22)35-28(23)24(14-21)29(33)38)30(39)37-10-8-36(9-11-37)17-18-2-1-7-34-16-18/h1-7,12-16,35H,8-11,17H2,(H2,33,38). The van der Waals surface area contributed by atoms with Gasteiger partial charge in [-0.25, -0.2) is 0 Å². The monoisotopic (exact) mass is 557 g/mol. The number of rotatable bonds is 5. The summed E-state index contributed by atoms with van der Waals surface area (Å²) in [6.45, 7) is 3.72. The van der Waals surface area contributed by atoms with E-state index in [9.17, 15) is 9.59 Å². The zero-order chi connectivity index (χ0) is 27.1. The van der Waals surface area contributed by atoms with Crippen molar-refractivity contribution in [3.63, 3.8) is 0 Å². The Balaban J connectivity index is 1.31. The Morgan fingerprint density at radius 2 is 1.72 bits per heavy atom. The largest absolute Gasteiger partial charge is 0.366 e. The lowest BCUT2D eigenvalue weighted by Gasteiger charge is -2.34. The molecular weight excluding hydrogens is 533 g/mol. The van der Waals surface area contributed by atoms with E-state index in [0.717, 1.165) is 52.6 Å². The van der Waals surface area contributed by atoms with Crippen molar-refractivity contribution in [3.8, 4) is 11.1 Å². The smallest absolute Gasteiger partial charge is 0.253 e. The van der Waals surface area contributed by atoms with Crippen LogP contribution in [0, 0.1) is 0 Å². The van der Waals surface area contributed by atoms with Crippen molar-refractivity contribution in [2.75, 3.05) is 26.2 Å². The Morgan fingerprint density at radius 1 is 0.897 bits per heavy atom. The molecule has 0 unspecified atom stereocenters. The number of primary amides is 1. The number of nitrogens with one attached hydrogen (secondary N) is 1. The molecule has 2 aromatic heterocycles. The van der Waals surface area contributed by atoms with Crippen molar-refractivity contribution < 1.29 is 9.59 Å². The summed E-state index contributed by atoms with van der Waals surface area (Å²) in [5.74, 6) is -0.558. The molecule has 39 heavy (non-hydrogen) atoms. The highest BCUT2D eigenvalue weighted by Crippen LogP contribution is 2.35. The summed E-state index contributed by atoms with van der Waals surface area (Å²) in [5, 5.41) is 2.51. The molecule has 7 nitrogen and oxygen atoms in total. The van der Waals surface area contributed by atoms with Gasteiger partial charge in [0.15, 0.2) is 0 Å². The molecule has 1 fully saturated rings. The number of amides is 2. The molecular formula is C30H25Cl2N5O2. The number of H-pyrrole nitrogens is 1. The first-order valence-electron chi connectivity index (χ1n) is 12.6. The number of pyridine rings is 1. The van der Waals surface area contributed by atoms with Crippen LogP contribution in [0.2, 0.25) is 10.0 Å². The summed E-state index contributed by atoms with van der Waals surface area (Å²) >= 11 is 12.4. The first kappa shape index (κ1) is 25.4. The van der Waals surface area contributed by atoms with Crippen LogP contribution in [0.4, 0.5) is 0 Å². The van der Waals surface area contributed by atoms with Gasteiger partial charge in [-0.3, -0.25) is 19.5 Å². The molecule has 196 valence electrons. The molecule has 3 N–H and O–H groups in total. The maximum absolute atomic E-state index is 13.5. The summed E-state index contributed by atoms with van der Waals surface area (Å²) in [6.07, 6.45) is 3.65. The second kappa shape index (κ2) is 10.3. The maximum Gasteiger partial charge on any atom is 0.253 e. The lowest BCUT2D eigenvalue weighted by molar-refractivity contribution is 0.0628. The van der Waals surface area contributed by atoms with E-state index in [2.05, 4.69) is 20.9 Å². The Morgan fingerprint density at radius 3 is 2.44 bits per heavy atom. The van der Waals surface area contributed by atoms with Crippen molar-refractivity contribution in [1.29, 1.82) is 0 Å². The number of carbonyl (C=O) groups is 2. The van der Waals surface area contributed by atoms with E-state index in [-0.39, 0.29) is 5.91 Å². The average molecular weight is 558 g/mol. The van der Waals surface area contributed by atoms with Crippen LogP contribution in [0.5, 0.6) is 0 Å². The lowest BCUT2D eigenvalue weighted by atomic mass is 9.98. The minimum atomic E-state index is -0.547. The van der Waals surface area contributed by atoms with Gasteiger partial charge in [0.25, 0.3) is 11.8 Å². The van der Waals surface area contributed by atoms with Gasteiger partial charge in [-0.05, 0) is 65.2 Å². The van der Waals surface area contributed by atoms with Gasteiger partial charge in [0.2, 0.25) is 0 Å². The zero-order valence-corrected chi connectivity index (χ0v) is 22.5. The van der Waals surface area contributed by atoms with Gasteiger partial charge in [-0.2, -0.15) is 0 Å². The summed E-state index contributed by atoms with van der Waals surface area (Å²) in [5.41, 5.74) is 10.9. The van der Waals surface area contributed by atoms with Gasteiger partial charge in [0.1, 0.15) is 0 Å². The van der Waals surface area contributed by atoms with Crippen LogP contribution in [0.25, 0.3) is 32.9 Å². The van der Waals surface area contributed by atoms with Gasteiger partial charge in [0, 0.05) is 67.0 Å². The minimum absolute atomic E-state index is 0.0111. The summed E-state index contributed by atoms with van der Waals surface area (Å²) in [6, 6.07) is 18.6. The zero-order valence-electron chi connectivity index (χ0n) is 21.0. The molecule has 0 atom stereocenters. The molecule has 0 bridgehead atoms. The summed E-state index contributed by atoms with van der Waals surface area (Å²) in [7, 11) is 0. The van der Waals surface area contributed by atoms with Crippen LogP contribution in [0.3, 0.4) is 0 Å². The second-order valence-electron chi connectivity index (χ2n) is 9.75. The predicted molar refractivity (Wildman–Crippen MR) is 155 cm³/mol. The van der Waals surface area contributed by atoms with Crippen molar-refractivity contribution >= 4 is 56.8 Å². The van der Waals surface area contributed by atoms with E-state index >= 15 is 0 Å². The lowest BCUT2D eigenvalue weighted by Crippen LogP contribution is -2.48. The number of hydrogen-bond acceptors (Lipinski definition) is 4. The number of benzene rings is 3. The first-order chi connectivity index (χ1) is 18.9. The normalized spacial score (nSPS) is 14.3. The first-order valence-corrected chi connectivity index (χ1v) is 13.4. The minimum Gasteiger partial charge on any atom is -0.366 e. The van der Waals surface area contributed by atoms with E-state index < -0.39 is 5.91 Å². The summed E-state index contributed by atoms with van der Waals surface area (Å²) < 4.78 is 0. The Hall–Kier alpha value is -3.91. The maximum atomic E-state index is 13.5. The number of hydrogen-bond donors (Lipinski definition) is 2. The van der Waals surface area contributed by atoms with Crippen LogP contribution in [0.1, 0.15) is 26.3 Å². The van der Waals surface area contributed by atoms with Gasteiger partial charge in [-0.1, -0.05) is 35.3 Å². The van der Waals surface area contributed by atoms with E-state index in [1.165, 1.54) is 0 Å². The van der Waals surface area contributed by atoms with E-state index in [1.807, 2.05) is 47.5 Å². The third kappa shape index (κ3) is 4.96. The van der Waals surface area contributed by atoms with Crippen molar-refractivity contribution in [2.24, 2.45) is 5.73 Å². The molecule has 3 heterocycles. The molecule has 0 saturated carbocycles. The Labute approximate surface area is 235 Å². The predicted octanol–water partition coefficient (Wildman–Crippen LogP) is 5.75. The number of fused-ring (bicyclic) bond motifs is 3. The molecule has 0 aliphatic carbocycles. The van der Waals surface area contributed by atoms with Crippen molar-refractivity contribution in [2.45, 2.75) is 6.54 Å². The molecule has 2 amide bonds. The Kier molecular flexibility index (Phi) is 6.73. The van der Waals surface area contributed by atoms with Crippen LogP contribution >= 0.6 is 23.2 Å². The molecule has 0 spiro atoms. The highest BCUT2D eigenvalue weighted by Gasteiger charge is 2.23. The molecule has 1 aliphatic rings. The van der Waals surface area contributed by atoms with Crippen molar-refractivity contribution in [1.82, 2.24) is 19.8 Å². The fourth-order valence-electron chi connectivity index (χ4n) is 5.21. The van der Waals surface area contributed by atoms with Gasteiger partial charge >= 0.3 is 0 Å². The highest BCUT2D eigenvalue weighted by molar-refractivity contribution is 6.42. The SMILES string of the molecule is NC(=O)c1cc(-c2ccc(Cl)c(Cl)c2)cc2c1[nH]c1ccc(C(=O)N3CCN(Cc4cccnc4)CC3)cc12. The Bertz CT molecular complexity index is 1730. The highest BCUT2D eigenvalue weighted by atomic mass is 35.5. The van der Waals surface area contributed by atoms with E-state index in [0.29, 0.717) is 39.8 Å². The molecule has 1 saturated heterocycles. The third-order valence-electron chi connectivity index (χ3n) is 7.26. The van der Waals surface area contributed by atoms with Crippen LogP contribution in [-0.4, -0.2) is 57.8 Å². The number of carbonyl (C=O) groups excluding carboxylic acids is 2. The number of halogens is 2. The topological polar surface area (TPSA) is 95.3 Å².